The largest absolute Gasteiger partial charge is 0.493 e. The average molecular weight is 449 g/mol. The van der Waals surface area contributed by atoms with Gasteiger partial charge in [-0.3, -0.25) is 9.59 Å². The summed E-state index contributed by atoms with van der Waals surface area (Å²) in [7, 11) is 1.57. The first-order valence-electron chi connectivity index (χ1n) is 11.1. The molecule has 4 rings (SSSR count). The van der Waals surface area contributed by atoms with Crippen LogP contribution in [0.4, 0.5) is 0 Å². The van der Waals surface area contributed by atoms with E-state index in [2.05, 4.69) is 10.6 Å². The van der Waals surface area contributed by atoms with Gasteiger partial charge in [0.05, 0.1) is 26.0 Å². The van der Waals surface area contributed by atoms with Crippen molar-refractivity contribution in [2.24, 2.45) is 0 Å². The van der Waals surface area contributed by atoms with Crippen LogP contribution in [0.15, 0.2) is 65.3 Å². The van der Waals surface area contributed by atoms with Gasteiger partial charge in [-0.15, -0.1) is 0 Å². The monoisotopic (exact) mass is 448 g/mol. The number of furan rings is 1. The lowest BCUT2D eigenvalue weighted by atomic mass is 10.1. The van der Waals surface area contributed by atoms with E-state index < -0.39 is 0 Å². The van der Waals surface area contributed by atoms with E-state index in [1.54, 1.807) is 61.9 Å². The predicted molar refractivity (Wildman–Crippen MR) is 123 cm³/mol. The molecule has 172 valence electrons. The van der Waals surface area contributed by atoms with Gasteiger partial charge in [0.25, 0.3) is 11.8 Å². The van der Waals surface area contributed by atoms with Crippen molar-refractivity contribution in [1.29, 1.82) is 0 Å². The first kappa shape index (κ1) is 22.5. The fourth-order valence-corrected chi connectivity index (χ4v) is 3.88. The standard InChI is InChI=1S/C26H28N2O5/c1-31-24-15-20(11-12-23(24)33-21-8-2-3-9-21)26(30)27-16-18-6-4-7-19(14-18)25(29)28-17-22-10-5-13-32-22/h4-7,10-15,21H,2-3,8-9,16-17H2,1H3,(H,27,30)(H,28,29). The van der Waals surface area contributed by atoms with Gasteiger partial charge < -0.3 is 24.5 Å². The molecule has 0 spiro atoms. The molecule has 0 aliphatic heterocycles. The molecule has 0 atom stereocenters. The Morgan fingerprint density at radius 1 is 0.909 bits per heavy atom. The van der Waals surface area contributed by atoms with Gasteiger partial charge >= 0.3 is 0 Å². The Hall–Kier alpha value is -3.74. The van der Waals surface area contributed by atoms with Crippen molar-refractivity contribution in [3.63, 3.8) is 0 Å². The Balaban J connectivity index is 1.34. The van der Waals surface area contributed by atoms with Crippen molar-refractivity contribution < 1.29 is 23.5 Å². The van der Waals surface area contributed by atoms with Crippen LogP contribution < -0.4 is 20.1 Å². The number of carbonyl (C=O) groups is 2. The molecule has 1 heterocycles. The van der Waals surface area contributed by atoms with E-state index in [1.807, 2.05) is 6.07 Å². The Labute approximate surface area is 193 Å². The molecule has 7 heteroatoms. The van der Waals surface area contributed by atoms with E-state index in [1.165, 1.54) is 12.8 Å². The third-order valence-electron chi connectivity index (χ3n) is 5.67. The molecule has 1 aliphatic carbocycles. The minimum absolute atomic E-state index is 0.206. The van der Waals surface area contributed by atoms with Gasteiger partial charge in [-0.2, -0.15) is 0 Å². The smallest absolute Gasteiger partial charge is 0.251 e. The lowest BCUT2D eigenvalue weighted by Crippen LogP contribution is -2.24. The van der Waals surface area contributed by atoms with Crippen LogP contribution in [0.1, 0.15) is 57.7 Å². The quantitative estimate of drug-likeness (QED) is 0.504. The number of rotatable bonds is 9. The van der Waals surface area contributed by atoms with Gasteiger partial charge in [0, 0.05) is 17.7 Å². The summed E-state index contributed by atoms with van der Waals surface area (Å²) in [6, 6.07) is 15.9. The molecule has 3 aromatic rings. The van der Waals surface area contributed by atoms with Crippen LogP contribution in [0, 0.1) is 0 Å². The van der Waals surface area contributed by atoms with Gasteiger partial charge in [-0.25, -0.2) is 0 Å². The zero-order valence-corrected chi connectivity index (χ0v) is 18.6. The number of hydrogen-bond donors (Lipinski definition) is 2. The highest BCUT2D eigenvalue weighted by atomic mass is 16.5. The number of nitrogens with one attached hydrogen (secondary N) is 2. The third kappa shape index (κ3) is 5.94. The normalized spacial score (nSPS) is 13.5. The maximum atomic E-state index is 12.7. The molecule has 2 amide bonds. The molecule has 1 aliphatic rings. The molecule has 33 heavy (non-hydrogen) atoms. The van der Waals surface area contributed by atoms with E-state index in [4.69, 9.17) is 13.9 Å². The van der Waals surface area contributed by atoms with Crippen LogP contribution in [-0.2, 0) is 13.1 Å². The molecule has 0 saturated heterocycles. The third-order valence-corrected chi connectivity index (χ3v) is 5.67. The molecule has 1 aromatic heterocycles. The molecule has 1 fully saturated rings. The second kappa shape index (κ2) is 10.7. The fraction of sp³-hybridized carbons (Fsp3) is 0.308. The maximum Gasteiger partial charge on any atom is 0.251 e. The lowest BCUT2D eigenvalue weighted by Gasteiger charge is -2.16. The molecule has 2 aromatic carbocycles. The topological polar surface area (TPSA) is 89.8 Å². The summed E-state index contributed by atoms with van der Waals surface area (Å²) in [5, 5.41) is 5.71. The summed E-state index contributed by atoms with van der Waals surface area (Å²) in [6.45, 7) is 0.607. The first-order valence-corrected chi connectivity index (χ1v) is 11.1. The molecule has 0 unspecified atom stereocenters. The molecule has 7 nitrogen and oxygen atoms in total. The van der Waals surface area contributed by atoms with Crippen LogP contribution in [-0.4, -0.2) is 25.0 Å². The van der Waals surface area contributed by atoms with Gasteiger partial charge in [0.1, 0.15) is 5.76 Å². The second-order valence-electron chi connectivity index (χ2n) is 8.04. The van der Waals surface area contributed by atoms with Crippen molar-refractivity contribution in [3.8, 4) is 11.5 Å². The summed E-state index contributed by atoms with van der Waals surface area (Å²) in [4.78, 5) is 25.1. The summed E-state index contributed by atoms with van der Waals surface area (Å²) >= 11 is 0. The van der Waals surface area contributed by atoms with E-state index >= 15 is 0 Å². The van der Waals surface area contributed by atoms with Crippen LogP contribution in [0.2, 0.25) is 0 Å². The Bertz CT molecular complexity index is 1090. The van der Waals surface area contributed by atoms with Crippen LogP contribution in [0.5, 0.6) is 11.5 Å². The highest BCUT2D eigenvalue weighted by molar-refractivity contribution is 5.95. The van der Waals surface area contributed by atoms with Gasteiger partial charge in [-0.1, -0.05) is 12.1 Å². The number of ether oxygens (including phenoxy) is 2. The van der Waals surface area contributed by atoms with E-state index in [9.17, 15) is 9.59 Å². The minimum Gasteiger partial charge on any atom is -0.493 e. The van der Waals surface area contributed by atoms with Crippen LogP contribution in [0.3, 0.4) is 0 Å². The van der Waals surface area contributed by atoms with Crippen molar-refractivity contribution in [1.82, 2.24) is 10.6 Å². The zero-order valence-electron chi connectivity index (χ0n) is 18.6. The molecular formula is C26H28N2O5. The highest BCUT2D eigenvalue weighted by Crippen LogP contribution is 2.32. The predicted octanol–water partition coefficient (Wildman–Crippen LogP) is 4.47. The number of amides is 2. The molecule has 0 radical (unpaired) electrons. The Morgan fingerprint density at radius 2 is 1.67 bits per heavy atom. The maximum absolute atomic E-state index is 12.7. The van der Waals surface area contributed by atoms with E-state index in [-0.39, 0.29) is 17.9 Å². The van der Waals surface area contributed by atoms with E-state index in [0.29, 0.717) is 41.5 Å². The van der Waals surface area contributed by atoms with Crippen molar-refractivity contribution >= 4 is 11.8 Å². The number of hydrogen-bond acceptors (Lipinski definition) is 5. The summed E-state index contributed by atoms with van der Waals surface area (Å²) in [6.07, 6.45) is 6.23. The first-order chi connectivity index (χ1) is 16.1. The Morgan fingerprint density at radius 3 is 2.39 bits per heavy atom. The van der Waals surface area contributed by atoms with E-state index in [0.717, 1.165) is 18.4 Å². The molecular weight excluding hydrogens is 420 g/mol. The van der Waals surface area contributed by atoms with Crippen LogP contribution >= 0.6 is 0 Å². The van der Waals surface area contributed by atoms with Crippen LogP contribution in [0.25, 0.3) is 0 Å². The zero-order chi connectivity index (χ0) is 23.0. The minimum atomic E-state index is -0.228. The summed E-state index contributed by atoms with van der Waals surface area (Å²) in [5.41, 5.74) is 1.82. The average Bonchev–Trinajstić information content (AvgIpc) is 3.56. The SMILES string of the molecule is COc1cc(C(=O)NCc2cccc(C(=O)NCc3ccco3)c2)ccc1OC1CCCC1. The van der Waals surface area contributed by atoms with Gasteiger partial charge in [-0.05, 0) is 73.7 Å². The van der Waals surface area contributed by atoms with Gasteiger partial charge in [0.2, 0.25) is 0 Å². The second-order valence-corrected chi connectivity index (χ2v) is 8.04. The number of carbonyl (C=O) groups excluding carboxylic acids is 2. The van der Waals surface area contributed by atoms with Crippen molar-refractivity contribution in [2.75, 3.05) is 7.11 Å². The van der Waals surface area contributed by atoms with Gasteiger partial charge in [0.15, 0.2) is 11.5 Å². The fourth-order valence-electron chi connectivity index (χ4n) is 3.88. The van der Waals surface area contributed by atoms with Crippen molar-refractivity contribution in [2.45, 2.75) is 44.9 Å². The lowest BCUT2D eigenvalue weighted by molar-refractivity contribution is 0.0943. The molecule has 0 bridgehead atoms. The van der Waals surface area contributed by atoms with Crippen molar-refractivity contribution in [3.05, 3.63) is 83.3 Å². The number of benzene rings is 2. The highest BCUT2D eigenvalue weighted by Gasteiger charge is 2.19. The molecule has 1 saturated carbocycles. The summed E-state index contributed by atoms with van der Waals surface area (Å²) < 4.78 is 16.7. The molecule has 2 N–H and O–H groups in total. The Kier molecular flexibility index (Phi) is 7.29. The summed E-state index contributed by atoms with van der Waals surface area (Å²) in [5.74, 6) is 1.45. The number of methoxy groups -OCH3 is 1.